The van der Waals surface area contributed by atoms with Crippen LogP contribution in [-0.2, 0) is 6.18 Å². The lowest BCUT2D eigenvalue weighted by molar-refractivity contribution is -0.141. The second kappa shape index (κ2) is 10.4. The lowest BCUT2D eigenvalue weighted by atomic mass is 10.2. The van der Waals surface area contributed by atoms with E-state index in [0.717, 1.165) is 47.9 Å². The predicted octanol–water partition coefficient (Wildman–Crippen LogP) is 7.13. The Morgan fingerprint density at radius 1 is 1.03 bits per heavy atom. The van der Waals surface area contributed by atoms with Crippen molar-refractivity contribution < 1.29 is 26.7 Å². The summed E-state index contributed by atoms with van der Waals surface area (Å²) in [5.41, 5.74) is -1.51. The van der Waals surface area contributed by atoms with Gasteiger partial charge in [0.1, 0.15) is 11.6 Å². The largest absolute Gasteiger partial charge is 0.435 e. The van der Waals surface area contributed by atoms with E-state index < -0.39 is 40.9 Å². The summed E-state index contributed by atoms with van der Waals surface area (Å²) in [7, 11) is 0. The second-order valence-electron chi connectivity index (χ2n) is 8.09. The lowest BCUT2D eigenvalue weighted by Crippen LogP contribution is -2.36. The monoisotopic (exact) mass is 545 g/mol. The number of guanidine groups is 1. The first-order valence-corrected chi connectivity index (χ1v) is 11.5. The molecule has 0 aliphatic heterocycles. The first kappa shape index (κ1) is 25.9. The molecule has 1 fully saturated rings. The third-order valence-electron chi connectivity index (χ3n) is 5.44. The van der Waals surface area contributed by atoms with Crippen molar-refractivity contribution in [2.45, 2.75) is 37.9 Å². The normalized spacial score (nSPS) is 14.8. The van der Waals surface area contributed by atoms with Gasteiger partial charge in [0.15, 0.2) is 11.5 Å². The number of hydrogen-bond acceptors (Lipinski definition) is 3. The number of aliphatic imine (C=N–C) groups is 1. The summed E-state index contributed by atoms with van der Waals surface area (Å²) >= 11 is 11.6. The molecule has 0 atom stereocenters. The van der Waals surface area contributed by atoms with Gasteiger partial charge < -0.3 is 5.32 Å². The summed E-state index contributed by atoms with van der Waals surface area (Å²) in [6.45, 7) is 0. The minimum Gasteiger partial charge on any atom is -0.325 e. The molecule has 0 radical (unpaired) electrons. The van der Waals surface area contributed by atoms with E-state index in [1.807, 2.05) is 0 Å². The summed E-state index contributed by atoms with van der Waals surface area (Å²) < 4.78 is 69.6. The van der Waals surface area contributed by atoms with Crippen LogP contribution < -0.4 is 10.6 Å². The Balaban J connectivity index is 1.76. The summed E-state index contributed by atoms with van der Waals surface area (Å²) in [5, 5.41) is 8.73. The SMILES string of the molecule is O=C(NC(=Nc1cc(C(F)(F)F)nn1C1CCCC1)Nc1cc(F)cc(Cl)c1)c1ccc(Cl)cc1F. The summed E-state index contributed by atoms with van der Waals surface area (Å²) in [4.78, 5) is 17.0. The molecular formula is C23H18Cl2F5N5O. The van der Waals surface area contributed by atoms with Gasteiger partial charge >= 0.3 is 6.18 Å². The van der Waals surface area contributed by atoms with E-state index in [9.17, 15) is 26.7 Å². The topological polar surface area (TPSA) is 71.3 Å². The molecule has 2 N–H and O–H groups in total. The number of anilines is 1. The molecule has 1 saturated carbocycles. The zero-order valence-corrected chi connectivity index (χ0v) is 19.9. The van der Waals surface area contributed by atoms with Gasteiger partial charge in [0.05, 0.1) is 11.6 Å². The quantitative estimate of drug-likeness (QED) is 0.208. The molecule has 2 aromatic carbocycles. The molecule has 4 rings (SSSR count). The number of alkyl halides is 3. The standard InChI is InChI=1S/C23H18Cl2F5N5O/c24-12-5-6-17(18(27)9-12)21(36)33-22(31-15-8-13(25)7-14(26)10-15)32-20-11-19(23(28,29)30)34-35(20)16-3-1-2-4-16/h5-11,16H,1-4H2,(H2,31,32,33,36). The van der Waals surface area contributed by atoms with Gasteiger partial charge in [-0.15, -0.1) is 0 Å². The van der Waals surface area contributed by atoms with Crippen molar-refractivity contribution in [2.24, 2.45) is 4.99 Å². The van der Waals surface area contributed by atoms with Crippen molar-refractivity contribution in [3.05, 3.63) is 75.4 Å². The van der Waals surface area contributed by atoms with Crippen molar-refractivity contribution in [2.75, 3.05) is 5.32 Å². The van der Waals surface area contributed by atoms with Gasteiger partial charge in [-0.1, -0.05) is 36.0 Å². The molecule has 0 unspecified atom stereocenters. The number of rotatable bonds is 4. The van der Waals surface area contributed by atoms with E-state index in [-0.39, 0.29) is 27.6 Å². The van der Waals surface area contributed by atoms with Crippen LogP contribution in [0.5, 0.6) is 0 Å². The maximum atomic E-state index is 14.3. The van der Waals surface area contributed by atoms with E-state index in [2.05, 4.69) is 20.7 Å². The molecule has 13 heteroatoms. The molecule has 1 heterocycles. The molecule has 3 aromatic rings. The molecule has 36 heavy (non-hydrogen) atoms. The van der Waals surface area contributed by atoms with Crippen molar-refractivity contribution in [1.82, 2.24) is 15.1 Å². The Labute approximate surface area is 212 Å². The molecule has 6 nitrogen and oxygen atoms in total. The molecule has 0 saturated heterocycles. The molecule has 0 bridgehead atoms. The number of carbonyl (C=O) groups is 1. The molecule has 190 valence electrons. The average Bonchev–Trinajstić information content (AvgIpc) is 3.42. The van der Waals surface area contributed by atoms with Crippen LogP contribution in [0.3, 0.4) is 0 Å². The first-order chi connectivity index (χ1) is 17.0. The number of nitrogens with one attached hydrogen (secondary N) is 2. The number of carbonyl (C=O) groups excluding carboxylic acids is 1. The number of aromatic nitrogens is 2. The fourth-order valence-electron chi connectivity index (χ4n) is 3.84. The average molecular weight is 546 g/mol. The Morgan fingerprint density at radius 3 is 2.39 bits per heavy atom. The summed E-state index contributed by atoms with van der Waals surface area (Å²) in [5.74, 6) is -3.21. The van der Waals surface area contributed by atoms with E-state index in [1.165, 1.54) is 12.1 Å². The van der Waals surface area contributed by atoms with E-state index in [1.54, 1.807) is 0 Å². The highest BCUT2D eigenvalue weighted by atomic mass is 35.5. The van der Waals surface area contributed by atoms with Crippen LogP contribution in [0.4, 0.5) is 33.5 Å². The fourth-order valence-corrected chi connectivity index (χ4v) is 4.22. The van der Waals surface area contributed by atoms with Gasteiger partial charge in [0, 0.05) is 21.8 Å². The van der Waals surface area contributed by atoms with Gasteiger partial charge in [-0.3, -0.25) is 10.1 Å². The predicted molar refractivity (Wildman–Crippen MR) is 126 cm³/mol. The first-order valence-electron chi connectivity index (χ1n) is 10.7. The van der Waals surface area contributed by atoms with Gasteiger partial charge in [-0.25, -0.2) is 13.5 Å². The molecule has 1 aliphatic carbocycles. The Kier molecular flexibility index (Phi) is 7.51. The van der Waals surface area contributed by atoms with Crippen LogP contribution in [0.25, 0.3) is 0 Å². The minimum atomic E-state index is -4.73. The van der Waals surface area contributed by atoms with Crippen LogP contribution in [0.15, 0.2) is 47.5 Å². The number of halogens is 7. The number of benzene rings is 2. The number of nitrogens with zero attached hydrogens (tertiary/aromatic N) is 3. The molecule has 1 aromatic heterocycles. The van der Waals surface area contributed by atoms with Gasteiger partial charge in [0.25, 0.3) is 5.91 Å². The Bertz CT molecular complexity index is 1300. The smallest absolute Gasteiger partial charge is 0.325 e. The van der Waals surface area contributed by atoms with Gasteiger partial charge in [-0.05, 0) is 49.2 Å². The van der Waals surface area contributed by atoms with Crippen LogP contribution in [-0.4, -0.2) is 21.6 Å². The third kappa shape index (κ3) is 6.14. The number of amides is 1. The zero-order valence-electron chi connectivity index (χ0n) is 18.3. The molecule has 1 amide bonds. The van der Waals surface area contributed by atoms with E-state index >= 15 is 0 Å². The summed E-state index contributed by atoms with van der Waals surface area (Å²) in [6, 6.07) is 7.15. The maximum Gasteiger partial charge on any atom is 0.435 e. The van der Waals surface area contributed by atoms with Crippen LogP contribution in [0.1, 0.15) is 47.8 Å². The lowest BCUT2D eigenvalue weighted by Gasteiger charge is -2.15. The van der Waals surface area contributed by atoms with E-state index in [4.69, 9.17) is 23.2 Å². The minimum absolute atomic E-state index is 0.0160. The number of hydrogen-bond donors (Lipinski definition) is 2. The van der Waals surface area contributed by atoms with E-state index in [0.29, 0.717) is 12.8 Å². The van der Waals surface area contributed by atoms with Crippen LogP contribution in [0, 0.1) is 11.6 Å². The van der Waals surface area contributed by atoms with Crippen molar-refractivity contribution >= 4 is 46.6 Å². The highest BCUT2D eigenvalue weighted by Gasteiger charge is 2.36. The summed E-state index contributed by atoms with van der Waals surface area (Å²) in [6.07, 6.45) is -1.89. The fraction of sp³-hybridized carbons (Fsp3) is 0.261. The zero-order chi connectivity index (χ0) is 26.0. The molecular weight excluding hydrogens is 528 g/mol. The second-order valence-corrected chi connectivity index (χ2v) is 8.96. The van der Waals surface area contributed by atoms with Crippen LogP contribution in [0.2, 0.25) is 10.0 Å². The van der Waals surface area contributed by atoms with Gasteiger partial charge in [0.2, 0.25) is 5.96 Å². The third-order valence-corrected chi connectivity index (χ3v) is 5.89. The van der Waals surface area contributed by atoms with Crippen molar-refractivity contribution in [1.29, 1.82) is 0 Å². The highest BCUT2D eigenvalue weighted by molar-refractivity contribution is 6.31. The Morgan fingerprint density at radius 2 is 1.75 bits per heavy atom. The van der Waals surface area contributed by atoms with Crippen molar-refractivity contribution in [3.8, 4) is 0 Å². The van der Waals surface area contributed by atoms with Crippen molar-refractivity contribution in [3.63, 3.8) is 0 Å². The highest BCUT2D eigenvalue weighted by Crippen LogP contribution is 2.37. The molecule has 0 spiro atoms. The Hall–Kier alpha value is -3.18. The maximum absolute atomic E-state index is 14.3. The molecule has 1 aliphatic rings. The van der Waals surface area contributed by atoms with Crippen LogP contribution >= 0.6 is 23.2 Å². The van der Waals surface area contributed by atoms with Gasteiger partial charge in [-0.2, -0.15) is 23.3 Å².